The van der Waals surface area contributed by atoms with E-state index in [1.165, 1.54) is 4.90 Å². The van der Waals surface area contributed by atoms with Crippen LogP contribution < -0.4 is 4.74 Å². The van der Waals surface area contributed by atoms with Crippen molar-refractivity contribution < 1.29 is 13.7 Å². The second kappa shape index (κ2) is 6.60. The van der Waals surface area contributed by atoms with Crippen LogP contribution in [-0.4, -0.2) is 51.3 Å². The largest absolute Gasteiger partial charge is 0.416 e. The normalized spacial score (nSPS) is 12.1. The lowest BCUT2D eigenvalue weighted by molar-refractivity contribution is 0.169. The van der Waals surface area contributed by atoms with Gasteiger partial charge in [0.1, 0.15) is 5.82 Å². The fraction of sp³-hybridized carbons (Fsp3) is 0.583. The highest BCUT2D eigenvalue weighted by molar-refractivity contribution is 7.84. The summed E-state index contributed by atoms with van der Waals surface area (Å²) in [5, 5.41) is 0. The Morgan fingerprint density at radius 2 is 1.95 bits per heavy atom. The number of nitrogens with zero attached hydrogens (tertiary/aromatic N) is 3. The number of hydrogen-bond acceptors (Lipinski definition) is 5. The zero-order chi connectivity index (χ0) is 14.6. The van der Waals surface area contributed by atoms with Gasteiger partial charge < -0.3 is 9.64 Å². The van der Waals surface area contributed by atoms with E-state index in [9.17, 15) is 9.00 Å². The van der Waals surface area contributed by atoms with Crippen LogP contribution >= 0.6 is 0 Å². The van der Waals surface area contributed by atoms with Crippen LogP contribution in [0, 0.1) is 13.8 Å². The molecule has 1 aromatic heterocycles. The number of ether oxygens (including phenoxy) is 1. The van der Waals surface area contributed by atoms with Gasteiger partial charge in [0, 0.05) is 54.6 Å². The molecule has 0 aliphatic carbocycles. The molecule has 0 saturated heterocycles. The molecule has 1 atom stereocenters. The number of hydrogen-bond donors (Lipinski definition) is 0. The number of carbonyl (C=O) groups is 1. The van der Waals surface area contributed by atoms with E-state index in [2.05, 4.69) is 9.97 Å². The summed E-state index contributed by atoms with van der Waals surface area (Å²) < 4.78 is 16.3. The molecule has 1 rings (SSSR count). The van der Waals surface area contributed by atoms with Gasteiger partial charge in [-0.15, -0.1) is 0 Å². The first-order chi connectivity index (χ1) is 8.81. The molecule has 106 valence electrons. The Balaban J connectivity index is 2.96. The van der Waals surface area contributed by atoms with Crippen molar-refractivity contribution in [3.8, 4) is 5.88 Å². The summed E-state index contributed by atoms with van der Waals surface area (Å²) in [7, 11) is 2.31. The Morgan fingerprint density at radius 3 is 2.47 bits per heavy atom. The molecule has 0 fully saturated rings. The lowest BCUT2D eigenvalue weighted by atomic mass is 10.2. The average Bonchev–Trinajstić information content (AvgIpc) is 2.32. The van der Waals surface area contributed by atoms with E-state index in [-0.39, 0.29) is 5.88 Å². The van der Waals surface area contributed by atoms with Crippen molar-refractivity contribution in [2.24, 2.45) is 0 Å². The Kier molecular flexibility index (Phi) is 5.41. The minimum Gasteiger partial charge on any atom is -0.391 e. The molecule has 0 aliphatic heterocycles. The summed E-state index contributed by atoms with van der Waals surface area (Å²) in [6, 6.07) is 0. The maximum absolute atomic E-state index is 11.5. The highest BCUT2D eigenvalue weighted by Gasteiger charge is 2.14. The van der Waals surface area contributed by atoms with Gasteiger partial charge in [-0.2, -0.15) is 4.98 Å². The molecule has 19 heavy (non-hydrogen) atoms. The molecule has 0 aromatic carbocycles. The number of amides is 1. The van der Waals surface area contributed by atoms with Crippen LogP contribution in [0.25, 0.3) is 0 Å². The predicted molar refractivity (Wildman–Crippen MR) is 73.9 cm³/mol. The molecule has 1 heterocycles. The first-order valence-electron chi connectivity index (χ1n) is 5.84. The van der Waals surface area contributed by atoms with Gasteiger partial charge in [0.25, 0.3) is 0 Å². The number of rotatable bonds is 4. The molecule has 1 unspecified atom stereocenters. The molecule has 6 nitrogen and oxygen atoms in total. The van der Waals surface area contributed by atoms with Crippen molar-refractivity contribution in [2.75, 3.05) is 26.1 Å². The third kappa shape index (κ3) is 4.59. The highest BCUT2D eigenvalue weighted by Crippen LogP contribution is 2.18. The molecule has 0 radical (unpaired) electrons. The Morgan fingerprint density at radius 1 is 1.32 bits per heavy atom. The van der Waals surface area contributed by atoms with Crippen molar-refractivity contribution in [3.63, 3.8) is 0 Å². The first-order valence-corrected chi connectivity index (χ1v) is 7.57. The molecular formula is C12H19N3O3S. The van der Waals surface area contributed by atoms with Gasteiger partial charge in [-0.1, -0.05) is 0 Å². The Hall–Kier alpha value is -1.50. The minimum atomic E-state index is -0.899. The van der Waals surface area contributed by atoms with Crippen molar-refractivity contribution in [3.05, 3.63) is 17.1 Å². The summed E-state index contributed by atoms with van der Waals surface area (Å²) in [5.41, 5.74) is 1.49. The van der Waals surface area contributed by atoms with Gasteiger partial charge in [-0.05, 0) is 13.8 Å². The van der Waals surface area contributed by atoms with E-state index in [0.717, 1.165) is 11.3 Å². The molecule has 7 heteroatoms. The number of aryl methyl sites for hydroxylation is 2. The Labute approximate surface area is 115 Å². The van der Waals surface area contributed by atoms with Gasteiger partial charge in [-0.25, -0.2) is 9.78 Å². The maximum atomic E-state index is 11.5. The van der Waals surface area contributed by atoms with Crippen LogP contribution in [0.5, 0.6) is 5.88 Å². The minimum absolute atomic E-state index is 0.267. The number of carbonyl (C=O) groups excluding carboxylic acids is 1. The summed E-state index contributed by atoms with van der Waals surface area (Å²) in [6.07, 6.45) is 1.65. The topological polar surface area (TPSA) is 72.4 Å². The quantitative estimate of drug-likeness (QED) is 0.827. The van der Waals surface area contributed by atoms with E-state index < -0.39 is 16.9 Å². The smallest absolute Gasteiger partial charge is 0.391 e. The fourth-order valence-electron chi connectivity index (χ4n) is 1.28. The van der Waals surface area contributed by atoms with Crippen molar-refractivity contribution >= 4 is 16.9 Å². The molecule has 1 amide bonds. The summed E-state index contributed by atoms with van der Waals surface area (Å²) >= 11 is 0. The van der Waals surface area contributed by atoms with E-state index in [1.54, 1.807) is 27.3 Å². The molecule has 0 saturated carbocycles. The fourth-order valence-corrected chi connectivity index (χ4v) is 1.75. The second-order valence-corrected chi connectivity index (χ2v) is 6.00. The second-order valence-electron chi connectivity index (χ2n) is 4.45. The summed E-state index contributed by atoms with van der Waals surface area (Å²) in [5.74, 6) is 1.30. The van der Waals surface area contributed by atoms with Gasteiger partial charge in [-0.3, -0.25) is 4.21 Å². The lowest BCUT2D eigenvalue weighted by Crippen LogP contribution is -2.26. The van der Waals surface area contributed by atoms with Gasteiger partial charge in [0.05, 0.1) is 0 Å². The third-order valence-electron chi connectivity index (χ3n) is 2.55. The lowest BCUT2D eigenvalue weighted by Gasteiger charge is -2.13. The monoisotopic (exact) mass is 285 g/mol. The van der Waals surface area contributed by atoms with E-state index in [4.69, 9.17) is 4.74 Å². The van der Waals surface area contributed by atoms with Crippen LogP contribution in [0.15, 0.2) is 0 Å². The Bertz CT molecular complexity index is 503. The molecule has 1 aromatic rings. The average molecular weight is 285 g/mol. The van der Waals surface area contributed by atoms with Gasteiger partial charge >= 0.3 is 6.09 Å². The first kappa shape index (κ1) is 15.6. The maximum Gasteiger partial charge on any atom is 0.416 e. The van der Waals surface area contributed by atoms with E-state index in [1.807, 2.05) is 6.92 Å². The van der Waals surface area contributed by atoms with Crippen LogP contribution in [0.4, 0.5) is 4.79 Å². The van der Waals surface area contributed by atoms with Crippen LogP contribution in [0.3, 0.4) is 0 Å². The number of aromatic nitrogens is 2. The molecular weight excluding hydrogens is 266 g/mol. The van der Waals surface area contributed by atoms with E-state index in [0.29, 0.717) is 18.0 Å². The predicted octanol–water partition coefficient (Wildman–Crippen LogP) is 1.07. The standard InChI is InChI=1S/C12H19N3O3S/c1-8-9(2)13-10(6-7-19(5)17)14-11(8)18-12(16)15(3)4/h6-7H2,1-5H3. The molecule has 0 spiro atoms. The van der Waals surface area contributed by atoms with Crippen molar-refractivity contribution in [2.45, 2.75) is 20.3 Å². The van der Waals surface area contributed by atoms with Gasteiger partial charge in [0.15, 0.2) is 0 Å². The van der Waals surface area contributed by atoms with Crippen LogP contribution in [0.2, 0.25) is 0 Å². The van der Waals surface area contributed by atoms with Crippen molar-refractivity contribution in [1.82, 2.24) is 14.9 Å². The van der Waals surface area contributed by atoms with Crippen LogP contribution in [-0.2, 0) is 17.2 Å². The molecule has 0 aliphatic rings. The SMILES string of the molecule is Cc1nc(CCS(C)=O)nc(OC(=O)N(C)C)c1C. The third-order valence-corrected chi connectivity index (χ3v) is 3.33. The van der Waals surface area contributed by atoms with Gasteiger partial charge in [0.2, 0.25) is 5.88 Å². The zero-order valence-corrected chi connectivity index (χ0v) is 12.7. The molecule has 0 N–H and O–H groups in total. The van der Waals surface area contributed by atoms with E-state index >= 15 is 0 Å². The highest BCUT2D eigenvalue weighted by atomic mass is 32.2. The molecule has 0 bridgehead atoms. The summed E-state index contributed by atoms with van der Waals surface area (Å²) in [4.78, 5) is 21.4. The summed E-state index contributed by atoms with van der Waals surface area (Å²) in [6.45, 7) is 3.63. The zero-order valence-electron chi connectivity index (χ0n) is 11.9. The van der Waals surface area contributed by atoms with Crippen LogP contribution in [0.1, 0.15) is 17.1 Å². The van der Waals surface area contributed by atoms with Crippen molar-refractivity contribution in [1.29, 1.82) is 0 Å².